The van der Waals surface area contributed by atoms with E-state index in [0.29, 0.717) is 12.0 Å². The van der Waals surface area contributed by atoms with Crippen LogP contribution in [-0.2, 0) is 4.74 Å². The van der Waals surface area contributed by atoms with Crippen LogP contribution in [0.15, 0.2) is 12.1 Å². The summed E-state index contributed by atoms with van der Waals surface area (Å²) in [5.74, 6) is 1.58. The summed E-state index contributed by atoms with van der Waals surface area (Å²) in [6, 6.07) is 4.91. The predicted octanol–water partition coefficient (Wildman–Crippen LogP) is 3.39. The molecule has 2 rings (SSSR count). The Bertz CT molecular complexity index is 416. The smallest absolute Gasteiger partial charge is 0.124 e. The summed E-state index contributed by atoms with van der Waals surface area (Å²) in [6.45, 7) is 9.26. The summed E-state index contributed by atoms with van der Waals surface area (Å²) in [6.07, 6.45) is 2.30. The summed E-state index contributed by atoms with van der Waals surface area (Å²) in [7, 11) is 1.74. The average molecular weight is 277 g/mol. The normalized spacial score (nSPS) is 20.1. The lowest BCUT2D eigenvalue weighted by Crippen LogP contribution is -2.29. The number of nitrogens with one attached hydrogen (secondary N) is 1. The largest absolute Gasteiger partial charge is 0.496 e. The zero-order valence-corrected chi connectivity index (χ0v) is 13.2. The highest BCUT2D eigenvalue weighted by Gasteiger charge is 2.27. The predicted molar refractivity (Wildman–Crippen MR) is 82.4 cm³/mol. The van der Waals surface area contributed by atoms with Crippen LogP contribution in [0, 0.1) is 19.8 Å². The van der Waals surface area contributed by atoms with E-state index in [9.17, 15) is 0 Å². The van der Waals surface area contributed by atoms with Gasteiger partial charge in [-0.05, 0) is 49.9 Å². The summed E-state index contributed by atoms with van der Waals surface area (Å²) in [4.78, 5) is 0. The molecule has 0 radical (unpaired) electrons. The van der Waals surface area contributed by atoms with Crippen LogP contribution in [0.5, 0.6) is 5.75 Å². The molecule has 0 aliphatic carbocycles. The van der Waals surface area contributed by atoms with Gasteiger partial charge in [0.25, 0.3) is 0 Å². The van der Waals surface area contributed by atoms with E-state index in [1.807, 2.05) is 0 Å². The molecule has 0 bridgehead atoms. The van der Waals surface area contributed by atoms with Gasteiger partial charge in [0.05, 0.1) is 13.7 Å². The van der Waals surface area contributed by atoms with Gasteiger partial charge in [0.2, 0.25) is 0 Å². The fourth-order valence-corrected chi connectivity index (χ4v) is 3.16. The van der Waals surface area contributed by atoms with Crippen LogP contribution in [0.2, 0.25) is 0 Å². The lowest BCUT2D eigenvalue weighted by molar-refractivity contribution is 0.176. The van der Waals surface area contributed by atoms with Gasteiger partial charge in [-0.15, -0.1) is 0 Å². The first-order valence-electron chi connectivity index (χ1n) is 7.63. The second kappa shape index (κ2) is 7.09. The summed E-state index contributed by atoms with van der Waals surface area (Å²) in [5.41, 5.74) is 3.79. The third kappa shape index (κ3) is 3.33. The summed E-state index contributed by atoms with van der Waals surface area (Å²) >= 11 is 0. The van der Waals surface area contributed by atoms with Crippen molar-refractivity contribution in [2.45, 2.75) is 39.7 Å². The van der Waals surface area contributed by atoms with Crippen molar-refractivity contribution in [1.29, 1.82) is 0 Å². The van der Waals surface area contributed by atoms with Gasteiger partial charge in [-0.2, -0.15) is 0 Å². The van der Waals surface area contributed by atoms with E-state index in [-0.39, 0.29) is 0 Å². The monoisotopic (exact) mass is 277 g/mol. The van der Waals surface area contributed by atoms with E-state index in [1.165, 1.54) is 16.7 Å². The Morgan fingerprint density at radius 1 is 1.35 bits per heavy atom. The molecule has 1 saturated heterocycles. The molecule has 1 aliphatic heterocycles. The Kier molecular flexibility index (Phi) is 5.44. The second-order valence-corrected chi connectivity index (χ2v) is 5.74. The van der Waals surface area contributed by atoms with Gasteiger partial charge < -0.3 is 14.8 Å². The van der Waals surface area contributed by atoms with Gasteiger partial charge in [-0.1, -0.05) is 19.1 Å². The number of aryl methyl sites for hydroxylation is 2. The average Bonchev–Trinajstić information content (AvgIpc) is 2.93. The third-order valence-corrected chi connectivity index (χ3v) is 4.10. The van der Waals surface area contributed by atoms with E-state index in [0.717, 1.165) is 38.3 Å². The topological polar surface area (TPSA) is 30.5 Å². The molecule has 1 aromatic carbocycles. The van der Waals surface area contributed by atoms with Crippen molar-refractivity contribution in [2.24, 2.45) is 5.92 Å². The molecule has 0 amide bonds. The molecular formula is C17H27NO2. The van der Waals surface area contributed by atoms with Crippen molar-refractivity contribution < 1.29 is 9.47 Å². The highest BCUT2D eigenvalue weighted by molar-refractivity contribution is 5.44. The molecule has 0 saturated carbocycles. The number of ether oxygens (including phenoxy) is 2. The second-order valence-electron chi connectivity index (χ2n) is 5.74. The van der Waals surface area contributed by atoms with Crippen LogP contribution >= 0.6 is 0 Å². The van der Waals surface area contributed by atoms with Crippen LogP contribution < -0.4 is 10.1 Å². The van der Waals surface area contributed by atoms with Crippen molar-refractivity contribution in [2.75, 3.05) is 26.9 Å². The molecule has 1 heterocycles. The molecule has 112 valence electrons. The molecule has 1 aromatic rings. The molecule has 1 fully saturated rings. The number of benzene rings is 1. The zero-order valence-electron chi connectivity index (χ0n) is 13.2. The van der Waals surface area contributed by atoms with Gasteiger partial charge in [-0.3, -0.25) is 0 Å². The van der Waals surface area contributed by atoms with Gasteiger partial charge in [-0.25, -0.2) is 0 Å². The molecular weight excluding hydrogens is 250 g/mol. The Morgan fingerprint density at radius 2 is 2.05 bits per heavy atom. The highest BCUT2D eigenvalue weighted by Crippen LogP contribution is 2.33. The van der Waals surface area contributed by atoms with Gasteiger partial charge in [0, 0.05) is 18.6 Å². The maximum atomic E-state index is 5.58. The van der Waals surface area contributed by atoms with Gasteiger partial charge >= 0.3 is 0 Å². The van der Waals surface area contributed by atoms with Crippen molar-refractivity contribution in [3.05, 3.63) is 28.8 Å². The number of rotatable bonds is 6. The Hall–Kier alpha value is -1.06. The van der Waals surface area contributed by atoms with Crippen molar-refractivity contribution in [1.82, 2.24) is 5.32 Å². The van der Waals surface area contributed by atoms with Crippen molar-refractivity contribution >= 4 is 0 Å². The van der Waals surface area contributed by atoms with Crippen LogP contribution in [0.3, 0.4) is 0 Å². The van der Waals surface area contributed by atoms with Gasteiger partial charge in [0.15, 0.2) is 0 Å². The highest BCUT2D eigenvalue weighted by atomic mass is 16.5. The first kappa shape index (κ1) is 15.3. The van der Waals surface area contributed by atoms with E-state index >= 15 is 0 Å². The maximum Gasteiger partial charge on any atom is 0.124 e. The third-order valence-electron chi connectivity index (χ3n) is 4.10. The zero-order chi connectivity index (χ0) is 14.5. The van der Waals surface area contributed by atoms with Crippen molar-refractivity contribution in [3.8, 4) is 5.75 Å². The fourth-order valence-electron chi connectivity index (χ4n) is 3.16. The molecule has 1 aliphatic rings. The van der Waals surface area contributed by atoms with Gasteiger partial charge in [0.1, 0.15) is 5.75 Å². The standard InChI is InChI=1S/C17H27NO2/c1-5-7-18-16(14-6-8-20-11-14)15-9-12(2)17(19-4)13(3)10-15/h9-10,14,16,18H,5-8,11H2,1-4H3. The van der Waals surface area contributed by atoms with Crippen LogP contribution in [0.25, 0.3) is 0 Å². The molecule has 20 heavy (non-hydrogen) atoms. The minimum Gasteiger partial charge on any atom is -0.496 e. The molecule has 0 spiro atoms. The molecule has 3 nitrogen and oxygen atoms in total. The van der Waals surface area contributed by atoms with E-state index in [4.69, 9.17) is 9.47 Å². The van der Waals surface area contributed by atoms with E-state index in [1.54, 1.807) is 7.11 Å². The molecule has 0 aromatic heterocycles. The maximum absolute atomic E-state index is 5.58. The summed E-state index contributed by atoms with van der Waals surface area (Å²) in [5, 5.41) is 3.70. The van der Waals surface area contributed by atoms with Crippen LogP contribution in [0.4, 0.5) is 0 Å². The van der Waals surface area contributed by atoms with Crippen LogP contribution in [0.1, 0.15) is 42.5 Å². The quantitative estimate of drug-likeness (QED) is 0.864. The van der Waals surface area contributed by atoms with E-state index < -0.39 is 0 Å². The molecule has 1 N–H and O–H groups in total. The first-order chi connectivity index (χ1) is 9.67. The lowest BCUT2D eigenvalue weighted by atomic mass is 9.90. The Balaban J connectivity index is 2.27. The Morgan fingerprint density at radius 3 is 2.55 bits per heavy atom. The lowest BCUT2D eigenvalue weighted by Gasteiger charge is -2.25. The number of hydrogen-bond donors (Lipinski definition) is 1. The van der Waals surface area contributed by atoms with Crippen LogP contribution in [-0.4, -0.2) is 26.9 Å². The first-order valence-corrected chi connectivity index (χ1v) is 7.63. The molecule has 3 heteroatoms. The summed E-state index contributed by atoms with van der Waals surface area (Å²) < 4.78 is 11.1. The molecule has 2 atom stereocenters. The number of hydrogen-bond acceptors (Lipinski definition) is 3. The molecule has 2 unspecified atom stereocenters. The van der Waals surface area contributed by atoms with E-state index in [2.05, 4.69) is 38.2 Å². The number of methoxy groups -OCH3 is 1. The minimum absolute atomic E-state index is 0.390. The SMILES string of the molecule is CCCNC(c1cc(C)c(OC)c(C)c1)C1CCOC1. The van der Waals surface area contributed by atoms with Crippen molar-refractivity contribution in [3.63, 3.8) is 0 Å². The minimum atomic E-state index is 0.390. The Labute approximate surface area is 122 Å². The fraction of sp³-hybridized carbons (Fsp3) is 0.647.